The third-order valence-corrected chi connectivity index (χ3v) is 8.03. The zero-order valence-electron chi connectivity index (χ0n) is 19.5. The first-order chi connectivity index (χ1) is 14.6. The maximum atomic E-state index is 12.5. The molecule has 30 heavy (non-hydrogen) atoms. The molecule has 0 N–H and O–H groups in total. The summed E-state index contributed by atoms with van der Waals surface area (Å²) in [6.45, 7) is 10.6. The van der Waals surface area contributed by atoms with Crippen LogP contribution in [0.5, 0.6) is 0 Å². The van der Waals surface area contributed by atoms with Gasteiger partial charge in [0.1, 0.15) is 0 Å². The van der Waals surface area contributed by atoms with Crippen LogP contribution in [0.3, 0.4) is 0 Å². The van der Waals surface area contributed by atoms with Crippen molar-refractivity contribution in [3.63, 3.8) is 0 Å². The molecule has 0 aliphatic heterocycles. The van der Waals surface area contributed by atoms with Gasteiger partial charge in [0.25, 0.3) is 0 Å². The van der Waals surface area contributed by atoms with E-state index in [1.54, 1.807) is 0 Å². The standard InChI is InChI=1S/C27H42OS2/c1-5-8-10-12-14-24(4)16-17-25(7-3)23-30(28)29-22-27-20-18-26(19-21-27)15-13-11-9-6-2/h7,16-21H,3,5-6,8-15,22-23H2,1-2,4H3. The average molecular weight is 447 g/mol. The summed E-state index contributed by atoms with van der Waals surface area (Å²) in [6.07, 6.45) is 18.8. The lowest BCUT2D eigenvalue weighted by Crippen LogP contribution is -1.96. The van der Waals surface area contributed by atoms with E-state index in [9.17, 15) is 4.21 Å². The molecule has 0 saturated carbocycles. The lowest BCUT2D eigenvalue weighted by molar-refractivity contribution is 0.664. The van der Waals surface area contributed by atoms with Crippen LogP contribution in [-0.2, 0) is 22.0 Å². The highest BCUT2D eigenvalue weighted by Crippen LogP contribution is 2.20. The molecule has 0 radical (unpaired) electrons. The van der Waals surface area contributed by atoms with Crippen molar-refractivity contribution in [2.24, 2.45) is 0 Å². The molecule has 0 fully saturated rings. The van der Waals surface area contributed by atoms with Crippen LogP contribution in [-0.4, -0.2) is 9.96 Å². The van der Waals surface area contributed by atoms with Crippen molar-refractivity contribution in [1.29, 1.82) is 0 Å². The minimum Gasteiger partial charge on any atom is -0.248 e. The highest BCUT2D eigenvalue weighted by molar-refractivity contribution is 8.68. The quantitative estimate of drug-likeness (QED) is 0.135. The number of unbranched alkanes of at least 4 members (excludes halogenated alkanes) is 6. The van der Waals surface area contributed by atoms with E-state index in [4.69, 9.17) is 0 Å². The molecule has 1 unspecified atom stereocenters. The van der Waals surface area contributed by atoms with Crippen molar-refractivity contribution in [3.8, 4) is 0 Å². The molecule has 0 bridgehead atoms. The molecule has 0 spiro atoms. The molecular weight excluding hydrogens is 404 g/mol. The fourth-order valence-corrected chi connectivity index (χ4v) is 5.70. The Morgan fingerprint density at radius 1 is 0.933 bits per heavy atom. The molecular formula is C27H42OS2. The van der Waals surface area contributed by atoms with Gasteiger partial charge in [0.05, 0.1) is 15.6 Å². The normalized spacial score (nSPS) is 13.4. The predicted molar refractivity (Wildman–Crippen MR) is 139 cm³/mol. The molecule has 0 heterocycles. The van der Waals surface area contributed by atoms with Gasteiger partial charge in [-0.3, -0.25) is 0 Å². The SMILES string of the molecule is C=CC(=CC=C(C)CCCCCC)CS(=O)SCc1ccc(CCCCCC)cc1. The number of rotatable bonds is 17. The van der Waals surface area contributed by atoms with Crippen LogP contribution < -0.4 is 0 Å². The lowest BCUT2D eigenvalue weighted by Gasteiger charge is -2.06. The van der Waals surface area contributed by atoms with E-state index in [0.29, 0.717) is 5.75 Å². The molecule has 1 aromatic rings. The summed E-state index contributed by atoms with van der Waals surface area (Å²) in [4.78, 5) is 0. The monoisotopic (exact) mass is 446 g/mol. The maximum Gasteiger partial charge on any atom is 0.0851 e. The molecule has 1 aromatic carbocycles. The minimum absolute atomic E-state index is 0.559. The van der Waals surface area contributed by atoms with E-state index in [1.807, 2.05) is 6.08 Å². The summed E-state index contributed by atoms with van der Waals surface area (Å²) in [5, 5.41) is 0. The molecule has 0 saturated heterocycles. The van der Waals surface area contributed by atoms with Crippen LogP contribution in [0.4, 0.5) is 0 Å². The Morgan fingerprint density at radius 2 is 1.57 bits per heavy atom. The highest BCUT2D eigenvalue weighted by Gasteiger charge is 2.04. The van der Waals surface area contributed by atoms with Gasteiger partial charge in [0.15, 0.2) is 0 Å². The summed E-state index contributed by atoms with van der Waals surface area (Å²) in [5.74, 6) is 1.35. The number of benzene rings is 1. The Balaban J connectivity index is 2.39. The van der Waals surface area contributed by atoms with Gasteiger partial charge in [-0.2, -0.15) is 0 Å². The predicted octanol–water partition coefficient (Wildman–Crippen LogP) is 8.74. The van der Waals surface area contributed by atoms with Crippen LogP contribution in [0.25, 0.3) is 0 Å². The molecule has 0 aliphatic rings. The van der Waals surface area contributed by atoms with Gasteiger partial charge in [-0.05, 0) is 49.3 Å². The van der Waals surface area contributed by atoms with E-state index < -0.39 is 9.83 Å². The van der Waals surface area contributed by atoms with Gasteiger partial charge in [0.2, 0.25) is 0 Å². The number of hydrogen-bond acceptors (Lipinski definition) is 2. The second-order valence-corrected chi connectivity index (χ2v) is 11.3. The number of allylic oxidation sites excluding steroid dienone is 4. The maximum absolute atomic E-state index is 12.5. The van der Waals surface area contributed by atoms with Crippen LogP contribution in [0, 0.1) is 0 Å². The average Bonchev–Trinajstić information content (AvgIpc) is 2.76. The van der Waals surface area contributed by atoms with E-state index in [1.165, 1.54) is 85.3 Å². The first-order valence-electron chi connectivity index (χ1n) is 11.7. The Bertz CT molecular complexity index is 671. The van der Waals surface area contributed by atoms with Gasteiger partial charge in [-0.25, -0.2) is 4.21 Å². The van der Waals surface area contributed by atoms with Gasteiger partial charge >= 0.3 is 0 Å². The van der Waals surface area contributed by atoms with Crippen LogP contribution >= 0.6 is 10.8 Å². The molecule has 1 atom stereocenters. The summed E-state index contributed by atoms with van der Waals surface area (Å²) in [7, 11) is 0.582. The second kappa shape index (κ2) is 17.6. The van der Waals surface area contributed by atoms with Gasteiger partial charge < -0.3 is 0 Å². The molecule has 1 rings (SSSR count). The van der Waals surface area contributed by atoms with E-state index in [2.05, 4.69) is 63.8 Å². The molecule has 0 aromatic heterocycles. The van der Waals surface area contributed by atoms with Crippen LogP contribution in [0.15, 0.2) is 60.2 Å². The zero-order chi connectivity index (χ0) is 22.0. The smallest absolute Gasteiger partial charge is 0.0851 e. The number of aryl methyl sites for hydroxylation is 1. The highest BCUT2D eigenvalue weighted by atomic mass is 33.1. The Morgan fingerprint density at radius 3 is 2.20 bits per heavy atom. The van der Waals surface area contributed by atoms with Crippen molar-refractivity contribution in [3.05, 3.63) is 71.3 Å². The second-order valence-electron chi connectivity index (χ2n) is 8.11. The molecule has 0 amide bonds. The van der Waals surface area contributed by atoms with E-state index in [-0.39, 0.29) is 0 Å². The van der Waals surface area contributed by atoms with Crippen molar-refractivity contribution < 1.29 is 4.21 Å². The first kappa shape index (κ1) is 27.0. The summed E-state index contributed by atoms with van der Waals surface area (Å²) in [5.41, 5.74) is 5.10. The molecule has 0 aliphatic carbocycles. The molecule has 1 nitrogen and oxygen atoms in total. The van der Waals surface area contributed by atoms with Gasteiger partial charge in [0, 0.05) is 5.75 Å². The topological polar surface area (TPSA) is 17.1 Å². The first-order valence-corrected chi connectivity index (χ1v) is 14.5. The Hall–Kier alpha value is -1.06. The fourth-order valence-electron chi connectivity index (χ4n) is 3.21. The summed E-state index contributed by atoms with van der Waals surface area (Å²) in [6, 6.07) is 8.84. The van der Waals surface area contributed by atoms with Crippen molar-refractivity contribution in [2.75, 3.05) is 5.75 Å². The third-order valence-electron chi connectivity index (χ3n) is 5.25. The summed E-state index contributed by atoms with van der Waals surface area (Å²) >= 11 is 0. The molecule has 168 valence electrons. The lowest BCUT2D eigenvalue weighted by atomic mass is 10.1. The minimum atomic E-state index is -0.938. The molecule has 3 heteroatoms. The van der Waals surface area contributed by atoms with E-state index >= 15 is 0 Å². The van der Waals surface area contributed by atoms with Crippen LogP contribution in [0.1, 0.15) is 89.7 Å². The van der Waals surface area contributed by atoms with E-state index in [0.717, 1.165) is 17.7 Å². The van der Waals surface area contributed by atoms with Crippen molar-refractivity contribution in [2.45, 2.75) is 90.7 Å². The Labute approximate surface area is 192 Å². The third kappa shape index (κ3) is 13.3. The van der Waals surface area contributed by atoms with Gasteiger partial charge in [-0.1, -0.05) is 118 Å². The largest absolute Gasteiger partial charge is 0.248 e. The number of hydrogen-bond donors (Lipinski definition) is 0. The van der Waals surface area contributed by atoms with Crippen molar-refractivity contribution >= 4 is 20.6 Å². The fraction of sp³-hybridized carbons (Fsp3) is 0.556. The Kier molecular flexibility index (Phi) is 15.8. The zero-order valence-corrected chi connectivity index (χ0v) is 21.1. The summed E-state index contributed by atoms with van der Waals surface area (Å²) < 4.78 is 12.5. The van der Waals surface area contributed by atoms with Crippen LogP contribution in [0.2, 0.25) is 0 Å². The van der Waals surface area contributed by atoms with Gasteiger partial charge in [-0.15, -0.1) is 0 Å². The van der Waals surface area contributed by atoms with Crippen molar-refractivity contribution in [1.82, 2.24) is 0 Å².